The summed E-state index contributed by atoms with van der Waals surface area (Å²) in [5, 5.41) is 1.68. The topological polar surface area (TPSA) is 57.0 Å². The Labute approximate surface area is 180 Å². The van der Waals surface area contributed by atoms with E-state index in [9.17, 15) is 0 Å². The van der Waals surface area contributed by atoms with E-state index in [4.69, 9.17) is 19.9 Å². The van der Waals surface area contributed by atoms with Crippen LogP contribution in [0, 0.1) is 6.92 Å². The maximum atomic E-state index is 6.27. The van der Waals surface area contributed by atoms with Gasteiger partial charge in [0.1, 0.15) is 12.4 Å². The van der Waals surface area contributed by atoms with Crippen LogP contribution in [0.2, 0.25) is 0 Å². The Morgan fingerprint density at radius 1 is 1.10 bits per heavy atom. The van der Waals surface area contributed by atoms with Gasteiger partial charge < -0.3 is 19.1 Å². The number of nitrogens with two attached hydrogens (primary N) is 1. The Hall–Kier alpha value is -2.02. The van der Waals surface area contributed by atoms with Crippen molar-refractivity contribution in [3.05, 3.63) is 53.1 Å². The molecule has 0 atom stereocenters. The lowest BCUT2D eigenvalue weighted by molar-refractivity contribution is 0.00578. The van der Waals surface area contributed by atoms with Gasteiger partial charge in [-0.05, 0) is 82.1 Å². The number of benzene rings is 2. The normalized spacial score (nSPS) is 19.8. The van der Waals surface area contributed by atoms with Gasteiger partial charge in [-0.25, -0.2) is 5.84 Å². The van der Waals surface area contributed by atoms with E-state index in [0.717, 1.165) is 22.5 Å². The summed E-state index contributed by atoms with van der Waals surface area (Å²) in [6.07, 6.45) is 2.49. The molecule has 0 spiro atoms. The van der Waals surface area contributed by atoms with Crippen LogP contribution < -0.4 is 21.1 Å². The highest BCUT2D eigenvalue weighted by molar-refractivity contribution is 6.62. The Morgan fingerprint density at radius 2 is 1.77 bits per heavy atom. The van der Waals surface area contributed by atoms with Gasteiger partial charge in [-0.1, -0.05) is 24.3 Å². The second-order valence-electron chi connectivity index (χ2n) is 9.63. The Kier molecular flexibility index (Phi) is 5.37. The fourth-order valence-corrected chi connectivity index (χ4v) is 3.97. The van der Waals surface area contributed by atoms with Crippen LogP contribution in [-0.2, 0) is 15.9 Å². The molecule has 0 bridgehead atoms. The maximum Gasteiger partial charge on any atom is 0.494 e. The van der Waals surface area contributed by atoms with Gasteiger partial charge in [0.2, 0.25) is 0 Å². The Morgan fingerprint density at radius 3 is 2.33 bits per heavy atom. The van der Waals surface area contributed by atoms with Crippen molar-refractivity contribution in [2.75, 3.05) is 12.1 Å². The van der Waals surface area contributed by atoms with Gasteiger partial charge in [-0.15, -0.1) is 0 Å². The van der Waals surface area contributed by atoms with E-state index >= 15 is 0 Å². The lowest BCUT2D eigenvalue weighted by Crippen LogP contribution is -2.41. The molecule has 0 aromatic heterocycles. The third-order valence-electron chi connectivity index (χ3n) is 6.68. The Balaban J connectivity index is 1.52. The maximum absolute atomic E-state index is 6.27. The largest absolute Gasteiger partial charge is 0.494 e. The third-order valence-corrected chi connectivity index (χ3v) is 6.68. The van der Waals surface area contributed by atoms with E-state index in [-0.39, 0.29) is 18.3 Å². The van der Waals surface area contributed by atoms with Gasteiger partial charge in [0, 0.05) is 12.6 Å². The smallest absolute Gasteiger partial charge is 0.489 e. The predicted octanol–water partition coefficient (Wildman–Crippen LogP) is 4.06. The number of aryl methyl sites for hydroxylation is 1. The average molecular weight is 408 g/mol. The van der Waals surface area contributed by atoms with Crippen molar-refractivity contribution < 1.29 is 14.0 Å². The summed E-state index contributed by atoms with van der Waals surface area (Å²) in [6.45, 7) is 10.8. The number of ether oxygens (including phenoxy) is 1. The fourth-order valence-electron chi connectivity index (χ4n) is 3.97. The van der Waals surface area contributed by atoms with Crippen molar-refractivity contribution >= 4 is 18.3 Å². The summed E-state index contributed by atoms with van der Waals surface area (Å²) < 4.78 is 18.6. The van der Waals surface area contributed by atoms with E-state index in [1.165, 1.54) is 24.0 Å². The second kappa shape index (κ2) is 7.59. The number of hydrogen-bond acceptors (Lipinski definition) is 5. The van der Waals surface area contributed by atoms with Crippen molar-refractivity contribution in [3.63, 3.8) is 0 Å². The molecule has 5 nitrogen and oxygen atoms in total. The fraction of sp³-hybridized carbons (Fsp3) is 0.500. The molecule has 1 saturated carbocycles. The monoisotopic (exact) mass is 408 g/mol. The molecule has 2 aliphatic rings. The SMILES string of the molecule is Cc1cc(B2OC(C)(C)C(C)(C)O2)ccc1OCc1c(C2CC2)cccc1N(C)N. The number of nitrogens with zero attached hydrogens (tertiary/aromatic N) is 1. The van der Waals surface area contributed by atoms with Gasteiger partial charge in [-0.3, -0.25) is 0 Å². The molecule has 2 aromatic carbocycles. The van der Waals surface area contributed by atoms with Crippen molar-refractivity contribution in [1.82, 2.24) is 0 Å². The van der Waals surface area contributed by atoms with Crippen molar-refractivity contribution in [1.29, 1.82) is 0 Å². The van der Waals surface area contributed by atoms with Gasteiger partial charge in [0.05, 0.1) is 16.9 Å². The Bertz CT molecular complexity index is 902. The van der Waals surface area contributed by atoms with Crippen LogP contribution in [0.25, 0.3) is 0 Å². The van der Waals surface area contributed by atoms with Crippen LogP contribution in [0.3, 0.4) is 0 Å². The summed E-state index contributed by atoms with van der Waals surface area (Å²) in [5.41, 5.74) is 4.94. The number of rotatable bonds is 6. The zero-order chi connectivity index (χ0) is 21.7. The molecular weight excluding hydrogens is 375 g/mol. The van der Waals surface area contributed by atoms with Gasteiger partial charge >= 0.3 is 7.12 Å². The van der Waals surface area contributed by atoms with Crippen molar-refractivity contribution in [2.45, 2.75) is 71.2 Å². The van der Waals surface area contributed by atoms with Crippen LogP contribution in [0.15, 0.2) is 36.4 Å². The molecule has 6 heteroatoms. The molecule has 0 radical (unpaired) electrons. The summed E-state index contributed by atoms with van der Waals surface area (Å²) in [4.78, 5) is 0. The van der Waals surface area contributed by atoms with Gasteiger partial charge in [0.25, 0.3) is 0 Å². The minimum absolute atomic E-state index is 0.349. The van der Waals surface area contributed by atoms with E-state index in [1.807, 2.05) is 19.2 Å². The highest BCUT2D eigenvalue weighted by Gasteiger charge is 2.51. The summed E-state index contributed by atoms with van der Waals surface area (Å²) in [7, 11) is 1.51. The van der Waals surface area contributed by atoms with Crippen LogP contribution in [0.1, 0.15) is 63.1 Å². The minimum Gasteiger partial charge on any atom is -0.489 e. The molecular formula is C24H33BN2O3. The summed E-state index contributed by atoms with van der Waals surface area (Å²) >= 11 is 0. The second-order valence-corrected chi connectivity index (χ2v) is 9.63. The predicted molar refractivity (Wildman–Crippen MR) is 122 cm³/mol. The molecule has 0 amide bonds. The first-order valence-electron chi connectivity index (χ1n) is 10.8. The molecule has 30 heavy (non-hydrogen) atoms. The highest BCUT2D eigenvalue weighted by Crippen LogP contribution is 2.44. The summed E-state index contributed by atoms with van der Waals surface area (Å²) in [6, 6.07) is 12.5. The molecule has 0 unspecified atom stereocenters. The van der Waals surface area contributed by atoms with Crippen LogP contribution in [-0.4, -0.2) is 25.4 Å². The first-order valence-corrected chi connectivity index (χ1v) is 10.8. The molecule has 2 N–H and O–H groups in total. The number of anilines is 1. The van der Waals surface area contributed by atoms with E-state index in [2.05, 4.69) is 58.9 Å². The molecule has 1 aliphatic carbocycles. The third kappa shape index (κ3) is 3.96. The zero-order valence-corrected chi connectivity index (χ0v) is 19.0. The van der Waals surface area contributed by atoms with Crippen LogP contribution in [0.4, 0.5) is 5.69 Å². The van der Waals surface area contributed by atoms with E-state index in [1.54, 1.807) is 5.01 Å². The minimum atomic E-state index is -0.365. The van der Waals surface area contributed by atoms with Crippen molar-refractivity contribution in [2.24, 2.45) is 5.84 Å². The molecule has 1 aliphatic heterocycles. The first kappa shape index (κ1) is 21.2. The quantitative estimate of drug-likeness (QED) is 0.444. The van der Waals surface area contributed by atoms with E-state index < -0.39 is 0 Å². The van der Waals surface area contributed by atoms with Crippen LogP contribution in [0.5, 0.6) is 5.75 Å². The standard InChI is InChI=1S/C24H33BN2O3/c1-16-14-18(25-29-23(2,3)24(4,5)30-25)12-13-22(16)28-15-20-19(17-10-11-17)8-7-9-21(20)27(6)26/h7-9,12-14,17H,10-11,15,26H2,1-6H3. The molecule has 1 saturated heterocycles. The number of hydrogen-bond donors (Lipinski definition) is 1. The van der Waals surface area contributed by atoms with E-state index in [0.29, 0.717) is 12.5 Å². The van der Waals surface area contributed by atoms with Gasteiger partial charge in [-0.2, -0.15) is 0 Å². The molecule has 2 aromatic rings. The molecule has 2 fully saturated rings. The zero-order valence-electron chi connectivity index (χ0n) is 19.0. The molecule has 1 heterocycles. The molecule has 160 valence electrons. The van der Waals surface area contributed by atoms with Crippen LogP contribution >= 0.6 is 0 Å². The van der Waals surface area contributed by atoms with Crippen molar-refractivity contribution in [3.8, 4) is 5.75 Å². The lowest BCUT2D eigenvalue weighted by atomic mass is 9.78. The average Bonchev–Trinajstić information content (AvgIpc) is 3.47. The first-order chi connectivity index (χ1) is 14.1. The molecule has 4 rings (SSSR count). The van der Waals surface area contributed by atoms with Gasteiger partial charge in [0.15, 0.2) is 0 Å². The number of hydrazine groups is 1. The summed E-state index contributed by atoms with van der Waals surface area (Å²) in [5.74, 6) is 7.59. The highest BCUT2D eigenvalue weighted by atomic mass is 16.7. The lowest BCUT2D eigenvalue weighted by Gasteiger charge is -2.32.